The number of methoxy groups -OCH3 is 1. The average molecular weight is 489 g/mol. The van der Waals surface area contributed by atoms with E-state index in [0.717, 1.165) is 42.6 Å². The first-order valence-electron chi connectivity index (χ1n) is 12.7. The van der Waals surface area contributed by atoms with Crippen LogP contribution in [0.2, 0.25) is 0 Å². The number of amides is 2. The van der Waals surface area contributed by atoms with Crippen molar-refractivity contribution in [3.63, 3.8) is 0 Å². The fourth-order valence-corrected chi connectivity index (χ4v) is 5.01. The molecule has 8 nitrogen and oxygen atoms in total. The highest BCUT2D eigenvalue weighted by molar-refractivity contribution is 5.91. The lowest BCUT2D eigenvalue weighted by molar-refractivity contribution is -0.134. The molecule has 1 unspecified atom stereocenters. The normalized spacial score (nSPS) is 20.2. The molecule has 1 atom stereocenters. The molecular formula is C28H32N4O4. The molecular weight excluding hydrogens is 456 g/mol. The standard InChI is InChI=1S/C28H32N4O4/c1-35-23-11-9-22(10-12-23)28(15-16-28)27(34)32-18-5-8-21(13-17-29-24(33)14-19-32)26-30-25(31-36-26)20-6-3-2-4-7-20/h2-4,6-7,9-12,21H,5,8,13-19H2,1H3,(H,29,33). The summed E-state index contributed by atoms with van der Waals surface area (Å²) in [5.41, 5.74) is 1.44. The van der Waals surface area contributed by atoms with Crippen LogP contribution in [-0.2, 0) is 15.0 Å². The topological polar surface area (TPSA) is 97.6 Å². The maximum atomic E-state index is 13.7. The van der Waals surface area contributed by atoms with Crippen molar-refractivity contribution in [1.82, 2.24) is 20.4 Å². The van der Waals surface area contributed by atoms with Gasteiger partial charge in [0.05, 0.1) is 12.5 Å². The maximum absolute atomic E-state index is 13.7. The van der Waals surface area contributed by atoms with Crippen LogP contribution in [0, 0.1) is 0 Å². The van der Waals surface area contributed by atoms with Gasteiger partial charge < -0.3 is 19.5 Å². The average Bonchev–Trinajstić information content (AvgIpc) is 3.59. The predicted octanol–water partition coefficient (Wildman–Crippen LogP) is 4.08. The minimum absolute atomic E-state index is 0.0155. The van der Waals surface area contributed by atoms with Gasteiger partial charge in [-0.1, -0.05) is 47.6 Å². The van der Waals surface area contributed by atoms with Crippen molar-refractivity contribution < 1.29 is 18.8 Å². The van der Waals surface area contributed by atoms with Crippen LogP contribution in [0.25, 0.3) is 11.4 Å². The van der Waals surface area contributed by atoms with E-state index >= 15 is 0 Å². The van der Waals surface area contributed by atoms with Gasteiger partial charge in [0, 0.05) is 37.5 Å². The Morgan fingerprint density at radius 3 is 2.58 bits per heavy atom. The van der Waals surface area contributed by atoms with Crippen molar-refractivity contribution in [2.45, 2.75) is 49.9 Å². The van der Waals surface area contributed by atoms with Crippen LogP contribution >= 0.6 is 0 Å². The summed E-state index contributed by atoms with van der Waals surface area (Å²) in [6.45, 7) is 1.56. The number of hydrogen-bond acceptors (Lipinski definition) is 6. The van der Waals surface area contributed by atoms with Gasteiger partial charge in [-0.2, -0.15) is 4.98 Å². The quantitative estimate of drug-likeness (QED) is 0.581. The second kappa shape index (κ2) is 10.5. The Morgan fingerprint density at radius 1 is 1.08 bits per heavy atom. The third-order valence-electron chi connectivity index (χ3n) is 7.32. The first kappa shape index (κ1) is 24.0. The summed E-state index contributed by atoms with van der Waals surface area (Å²) in [5, 5.41) is 7.17. The highest BCUT2D eigenvalue weighted by Gasteiger charge is 2.52. The number of nitrogens with zero attached hydrogens (tertiary/aromatic N) is 3. The zero-order chi connectivity index (χ0) is 25.0. The van der Waals surface area contributed by atoms with Crippen molar-refractivity contribution in [3.05, 3.63) is 66.1 Å². The Bertz CT molecular complexity index is 1190. The Labute approximate surface area is 211 Å². The number of carbonyl (C=O) groups is 2. The number of hydrogen-bond donors (Lipinski definition) is 1. The Kier molecular flexibility index (Phi) is 7.02. The third kappa shape index (κ3) is 5.12. The van der Waals surface area contributed by atoms with Gasteiger partial charge in [0.25, 0.3) is 0 Å². The molecule has 2 aromatic carbocycles. The van der Waals surface area contributed by atoms with Gasteiger partial charge in [-0.3, -0.25) is 9.59 Å². The molecule has 1 aliphatic heterocycles. The van der Waals surface area contributed by atoms with Crippen LogP contribution in [-0.4, -0.2) is 53.6 Å². The molecule has 0 radical (unpaired) electrons. The van der Waals surface area contributed by atoms with Crippen LogP contribution < -0.4 is 10.1 Å². The fraction of sp³-hybridized carbons (Fsp3) is 0.429. The lowest BCUT2D eigenvalue weighted by atomic mass is 9.93. The Hall–Kier alpha value is -3.68. The summed E-state index contributed by atoms with van der Waals surface area (Å²) in [6, 6.07) is 17.5. The van der Waals surface area contributed by atoms with Gasteiger partial charge in [-0.05, 0) is 49.8 Å². The van der Waals surface area contributed by atoms with E-state index in [-0.39, 0.29) is 17.7 Å². The van der Waals surface area contributed by atoms with E-state index in [4.69, 9.17) is 9.26 Å². The second-order valence-electron chi connectivity index (χ2n) is 9.65. The van der Waals surface area contributed by atoms with Crippen LogP contribution in [0.4, 0.5) is 0 Å². The second-order valence-corrected chi connectivity index (χ2v) is 9.65. The smallest absolute Gasteiger partial charge is 0.233 e. The molecule has 2 amide bonds. The fourth-order valence-electron chi connectivity index (χ4n) is 5.01. The van der Waals surface area contributed by atoms with E-state index in [1.165, 1.54) is 0 Å². The van der Waals surface area contributed by atoms with Crippen LogP contribution in [0.15, 0.2) is 59.1 Å². The highest BCUT2D eigenvalue weighted by Crippen LogP contribution is 2.50. The van der Waals surface area contributed by atoms with Crippen LogP contribution in [0.1, 0.15) is 55.9 Å². The summed E-state index contributed by atoms with van der Waals surface area (Å²) in [7, 11) is 1.64. The van der Waals surface area contributed by atoms with Crippen molar-refractivity contribution >= 4 is 11.8 Å². The highest BCUT2D eigenvalue weighted by atomic mass is 16.5. The molecule has 2 heterocycles. The maximum Gasteiger partial charge on any atom is 0.233 e. The number of ether oxygens (including phenoxy) is 1. The van der Waals surface area contributed by atoms with Gasteiger partial charge >= 0.3 is 0 Å². The number of rotatable bonds is 5. The Morgan fingerprint density at radius 2 is 1.86 bits per heavy atom. The minimum Gasteiger partial charge on any atom is -0.497 e. The molecule has 1 saturated heterocycles. The molecule has 1 aliphatic carbocycles. The first-order chi connectivity index (χ1) is 17.6. The predicted molar refractivity (Wildman–Crippen MR) is 134 cm³/mol. The zero-order valence-electron chi connectivity index (χ0n) is 20.6. The van der Waals surface area contributed by atoms with Crippen molar-refractivity contribution in [1.29, 1.82) is 0 Å². The molecule has 0 bridgehead atoms. The summed E-state index contributed by atoms with van der Waals surface area (Å²) < 4.78 is 10.9. The lowest BCUT2D eigenvalue weighted by Gasteiger charge is -2.28. The molecule has 1 saturated carbocycles. The van der Waals surface area contributed by atoms with Gasteiger partial charge in [-0.15, -0.1) is 0 Å². The monoisotopic (exact) mass is 488 g/mol. The van der Waals surface area contributed by atoms with Crippen molar-refractivity contribution in [2.24, 2.45) is 0 Å². The number of nitrogens with one attached hydrogen (secondary N) is 1. The molecule has 2 fully saturated rings. The molecule has 5 rings (SSSR count). The van der Waals surface area contributed by atoms with Gasteiger partial charge in [0.2, 0.25) is 23.5 Å². The SMILES string of the molecule is COc1ccc(C2(C(=O)N3CCCC(c4nc(-c5ccccc5)no4)CCNC(=O)CC3)CC2)cc1. The summed E-state index contributed by atoms with van der Waals surface area (Å²) in [6.07, 6.45) is 4.26. The summed E-state index contributed by atoms with van der Waals surface area (Å²) >= 11 is 0. The minimum atomic E-state index is -0.487. The number of aromatic nitrogens is 2. The van der Waals surface area contributed by atoms with Gasteiger partial charge in [0.15, 0.2) is 0 Å². The molecule has 188 valence electrons. The zero-order valence-corrected chi connectivity index (χ0v) is 20.6. The van der Waals surface area contributed by atoms with Crippen LogP contribution in [0.3, 0.4) is 0 Å². The molecule has 2 aliphatic rings. The van der Waals surface area contributed by atoms with Crippen LogP contribution in [0.5, 0.6) is 5.75 Å². The third-order valence-corrected chi connectivity index (χ3v) is 7.32. The van der Waals surface area contributed by atoms with Gasteiger partial charge in [0.1, 0.15) is 5.75 Å². The first-order valence-corrected chi connectivity index (χ1v) is 12.7. The van der Waals surface area contributed by atoms with Gasteiger partial charge in [-0.25, -0.2) is 0 Å². The lowest BCUT2D eigenvalue weighted by Crippen LogP contribution is -2.41. The van der Waals surface area contributed by atoms with Crippen molar-refractivity contribution in [3.8, 4) is 17.1 Å². The summed E-state index contributed by atoms with van der Waals surface area (Å²) in [5.74, 6) is 2.00. The number of benzene rings is 2. The van der Waals surface area contributed by atoms with E-state index in [9.17, 15) is 9.59 Å². The van der Waals surface area contributed by atoms with Crippen molar-refractivity contribution in [2.75, 3.05) is 26.7 Å². The Balaban J connectivity index is 1.30. The van der Waals surface area contributed by atoms with E-state index in [2.05, 4.69) is 15.5 Å². The largest absolute Gasteiger partial charge is 0.497 e. The van der Waals surface area contributed by atoms with E-state index in [1.807, 2.05) is 59.5 Å². The molecule has 36 heavy (non-hydrogen) atoms. The van der Waals surface area contributed by atoms with E-state index in [0.29, 0.717) is 44.2 Å². The van der Waals surface area contributed by atoms with E-state index in [1.54, 1.807) is 7.11 Å². The molecule has 0 spiro atoms. The molecule has 3 aromatic rings. The molecule has 1 aromatic heterocycles. The number of carbonyl (C=O) groups excluding carboxylic acids is 2. The molecule has 1 N–H and O–H groups in total. The summed E-state index contributed by atoms with van der Waals surface area (Å²) in [4.78, 5) is 32.8. The van der Waals surface area contributed by atoms with E-state index < -0.39 is 5.41 Å². The molecule has 8 heteroatoms.